The lowest BCUT2D eigenvalue weighted by Crippen LogP contribution is -2.37. The van der Waals surface area contributed by atoms with Crippen LogP contribution in [0.5, 0.6) is 0 Å². The van der Waals surface area contributed by atoms with Crippen LogP contribution in [0.3, 0.4) is 0 Å². The van der Waals surface area contributed by atoms with Crippen LogP contribution >= 0.6 is 7.82 Å². The van der Waals surface area contributed by atoms with E-state index in [-0.39, 0.29) is 38.1 Å². The smallest absolute Gasteiger partial charge is 0.462 e. The van der Waals surface area contributed by atoms with Gasteiger partial charge in [-0.2, -0.15) is 0 Å². The number of ether oxygens (including phenoxy) is 2. The minimum absolute atomic E-state index is 0.0203. The molecule has 2 N–H and O–H groups in total. The first-order valence-corrected chi connectivity index (χ1v) is 22.7. The van der Waals surface area contributed by atoms with Gasteiger partial charge in [0.1, 0.15) is 19.8 Å². The van der Waals surface area contributed by atoms with Crippen molar-refractivity contribution >= 4 is 19.8 Å². The highest BCUT2D eigenvalue weighted by Gasteiger charge is 2.27. The molecule has 0 aliphatic heterocycles. The van der Waals surface area contributed by atoms with Gasteiger partial charge in [-0.1, -0.05) is 154 Å². The van der Waals surface area contributed by atoms with E-state index in [4.69, 9.17) is 18.5 Å². The number of nitrogens with zero attached hydrogens (tertiary/aromatic N) is 1. The van der Waals surface area contributed by atoms with Crippen LogP contribution in [0.2, 0.25) is 0 Å². The van der Waals surface area contributed by atoms with Crippen molar-refractivity contribution in [2.75, 3.05) is 47.5 Å². The van der Waals surface area contributed by atoms with Gasteiger partial charge in [0.05, 0.1) is 33.9 Å². The number of unbranched alkanes of at least 4 members (excludes halogenated alkanes) is 19. The maximum Gasteiger partial charge on any atom is 0.472 e. The highest BCUT2D eigenvalue weighted by atomic mass is 31.2. The molecule has 3 unspecified atom stereocenters. The fourth-order valence-corrected chi connectivity index (χ4v) is 6.42. The molecule has 0 aromatic heterocycles. The summed E-state index contributed by atoms with van der Waals surface area (Å²) in [7, 11) is 1.44. The van der Waals surface area contributed by atoms with Crippen LogP contribution < -0.4 is 0 Å². The second-order valence-corrected chi connectivity index (χ2v) is 17.0. The number of allylic oxidation sites excluding steroid dienone is 3. The molecule has 0 bridgehead atoms. The molecule has 0 aliphatic rings. The van der Waals surface area contributed by atoms with E-state index < -0.39 is 26.5 Å². The third kappa shape index (κ3) is 38.5. The number of phosphoric ester groups is 1. The molecule has 0 aromatic rings. The van der Waals surface area contributed by atoms with Gasteiger partial charge in [-0.15, -0.1) is 0 Å². The van der Waals surface area contributed by atoms with Gasteiger partial charge in [0, 0.05) is 12.8 Å². The lowest BCUT2D eigenvalue weighted by molar-refractivity contribution is -0.870. The molecule has 0 fully saturated rings. The Balaban J connectivity index is 4.45. The topological polar surface area (TPSA) is 129 Å². The summed E-state index contributed by atoms with van der Waals surface area (Å²) in [5, 5.41) is 9.93. The number of quaternary nitrogens is 1. The molecule has 53 heavy (non-hydrogen) atoms. The molecule has 10 nitrogen and oxygen atoms in total. The van der Waals surface area contributed by atoms with Crippen molar-refractivity contribution in [3.63, 3.8) is 0 Å². The molecule has 0 aromatic carbocycles. The summed E-state index contributed by atoms with van der Waals surface area (Å²) in [6, 6.07) is 0. The van der Waals surface area contributed by atoms with E-state index in [0.717, 1.165) is 77.0 Å². The average molecular weight is 775 g/mol. The first-order chi connectivity index (χ1) is 25.4. The van der Waals surface area contributed by atoms with Crippen LogP contribution in [0, 0.1) is 0 Å². The fourth-order valence-electron chi connectivity index (χ4n) is 5.68. The molecule has 0 heterocycles. The zero-order valence-corrected chi connectivity index (χ0v) is 35.5. The highest BCUT2D eigenvalue weighted by Crippen LogP contribution is 2.43. The number of phosphoric acid groups is 1. The number of rotatable bonds is 38. The van der Waals surface area contributed by atoms with Crippen molar-refractivity contribution in [3.05, 3.63) is 24.3 Å². The summed E-state index contributed by atoms with van der Waals surface area (Å²) in [6.45, 7) is 4.26. The van der Waals surface area contributed by atoms with Crippen LogP contribution in [0.25, 0.3) is 0 Å². The Morgan fingerprint density at radius 2 is 1.17 bits per heavy atom. The van der Waals surface area contributed by atoms with E-state index in [0.29, 0.717) is 17.4 Å². The maximum atomic E-state index is 12.7. The van der Waals surface area contributed by atoms with Crippen molar-refractivity contribution < 1.29 is 47.2 Å². The number of carbonyl (C=O) groups is 2. The molecule has 312 valence electrons. The summed E-state index contributed by atoms with van der Waals surface area (Å²) in [5.74, 6) is -0.845. The second kappa shape index (κ2) is 34.9. The van der Waals surface area contributed by atoms with E-state index in [2.05, 4.69) is 19.9 Å². The maximum absolute atomic E-state index is 12.7. The van der Waals surface area contributed by atoms with Gasteiger partial charge in [-0.25, -0.2) is 4.57 Å². The van der Waals surface area contributed by atoms with Gasteiger partial charge in [0.25, 0.3) is 0 Å². The molecule has 11 heteroatoms. The molecule has 0 saturated carbocycles. The van der Waals surface area contributed by atoms with Crippen molar-refractivity contribution in [1.82, 2.24) is 0 Å². The molecular formula is C42H81NO9P+. The first kappa shape index (κ1) is 51.5. The van der Waals surface area contributed by atoms with Crippen molar-refractivity contribution in [2.24, 2.45) is 0 Å². The van der Waals surface area contributed by atoms with E-state index in [1.807, 2.05) is 39.4 Å². The average Bonchev–Trinajstić information content (AvgIpc) is 3.09. The fraction of sp³-hybridized carbons (Fsp3) is 0.857. The normalized spacial score (nSPS) is 14.5. The van der Waals surface area contributed by atoms with Gasteiger partial charge >= 0.3 is 19.8 Å². The van der Waals surface area contributed by atoms with E-state index in [1.54, 1.807) is 0 Å². The third-order valence-corrected chi connectivity index (χ3v) is 10.1. The minimum Gasteiger partial charge on any atom is -0.462 e. The molecule has 0 radical (unpaired) electrons. The summed E-state index contributed by atoms with van der Waals surface area (Å²) < 4.78 is 34.2. The largest absolute Gasteiger partial charge is 0.472 e. The molecular weight excluding hydrogens is 693 g/mol. The van der Waals surface area contributed by atoms with Gasteiger partial charge in [0.2, 0.25) is 0 Å². The first-order valence-electron chi connectivity index (χ1n) is 21.2. The second-order valence-electron chi connectivity index (χ2n) is 15.6. The predicted octanol–water partition coefficient (Wildman–Crippen LogP) is 10.5. The van der Waals surface area contributed by atoms with Crippen LogP contribution in [0.15, 0.2) is 24.3 Å². The Kier molecular flexibility index (Phi) is 33.9. The quantitative estimate of drug-likeness (QED) is 0.0207. The number of aliphatic hydroxyl groups excluding tert-OH is 1. The SMILES string of the molecule is CCCCCCCCCCCCCCCC(=O)OCC(COP(=O)(O)OCC[N+](C)(C)C)OC(=O)CCCCCCC/C=C\C=C\C(O)CCCCC. The van der Waals surface area contributed by atoms with Gasteiger partial charge in [-0.3, -0.25) is 18.6 Å². The van der Waals surface area contributed by atoms with Gasteiger partial charge < -0.3 is 24.0 Å². The van der Waals surface area contributed by atoms with Crippen LogP contribution in [0.1, 0.15) is 174 Å². The molecule has 3 atom stereocenters. The Hall–Kier alpha value is -1.55. The van der Waals surface area contributed by atoms with Crippen LogP contribution in [-0.4, -0.2) is 86.1 Å². The van der Waals surface area contributed by atoms with Crippen LogP contribution in [-0.2, 0) is 32.7 Å². The van der Waals surface area contributed by atoms with Crippen molar-refractivity contribution in [2.45, 2.75) is 187 Å². The van der Waals surface area contributed by atoms with Gasteiger partial charge in [-0.05, 0) is 32.1 Å². The molecule has 0 spiro atoms. The third-order valence-electron chi connectivity index (χ3n) is 9.09. The zero-order chi connectivity index (χ0) is 39.5. The van der Waals surface area contributed by atoms with Gasteiger partial charge in [0.15, 0.2) is 6.10 Å². The Labute approximate surface area is 324 Å². The molecule has 0 saturated heterocycles. The number of carbonyl (C=O) groups excluding carboxylic acids is 2. The summed E-state index contributed by atoms with van der Waals surface area (Å²) >= 11 is 0. The lowest BCUT2D eigenvalue weighted by atomic mass is 10.0. The number of hydrogen-bond donors (Lipinski definition) is 2. The number of likely N-dealkylation sites (N-methyl/N-ethyl adjacent to an activating group) is 1. The number of esters is 2. The van der Waals surface area contributed by atoms with E-state index >= 15 is 0 Å². The monoisotopic (exact) mass is 775 g/mol. The Morgan fingerprint density at radius 1 is 0.660 bits per heavy atom. The molecule has 0 amide bonds. The predicted molar refractivity (Wildman–Crippen MR) is 217 cm³/mol. The lowest BCUT2D eigenvalue weighted by Gasteiger charge is -2.24. The Morgan fingerprint density at radius 3 is 1.74 bits per heavy atom. The summed E-state index contributed by atoms with van der Waals surface area (Å²) in [5.41, 5.74) is 0. The number of aliphatic hydroxyl groups is 1. The summed E-state index contributed by atoms with van der Waals surface area (Å²) in [4.78, 5) is 35.3. The molecule has 0 aliphatic carbocycles. The van der Waals surface area contributed by atoms with Crippen LogP contribution in [0.4, 0.5) is 0 Å². The zero-order valence-electron chi connectivity index (χ0n) is 34.6. The molecule has 0 rings (SSSR count). The van der Waals surface area contributed by atoms with Crippen molar-refractivity contribution in [1.29, 1.82) is 0 Å². The van der Waals surface area contributed by atoms with Crippen molar-refractivity contribution in [3.8, 4) is 0 Å². The van der Waals surface area contributed by atoms with E-state index in [9.17, 15) is 24.2 Å². The minimum atomic E-state index is -4.39. The summed E-state index contributed by atoms with van der Waals surface area (Å²) in [6.07, 6.45) is 32.6. The Bertz CT molecular complexity index is 982. The highest BCUT2D eigenvalue weighted by molar-refractivity contribution is 7.47. The van der Waals surface area contributed by atoms with E-state index in [1.165, 1.54) is 64.2 Å². The standard InChI is InChI=1S/C42H80NO9P/c1-6-8-10-11-12-13-14-15-16-19-22-25-29-33-41(45)49-37-40(38-51-53(47,48)50-36-35-43(3,4)5)52-42(46)34-30-26-23-20-17-18-21-24-28-32-39(44)31-27-9-7-2/h21,24,28,32,39-40,44H,6-20,22-23,25-27,29-31,33-38H2,1-5H3/p+1/b24-21-,32-28+. The number of hydrogen-bond acceptors (Lipinski definition) is 8.